The molecule has 0 bridgehead atoms. The fourth-order valence-corrected chi connectivity index (χ4v) is 3.62. The standard InChI is InChI=1S/C15H24N2O3S/c1-11(2)21-10-12-16-13(20-17-12)8-15(9-14(18)19)6-4-3-5-7-15/h11H,3-10H2,1-2H3,(H,18,19). The molecule has 118 valence electrons. The Labute approximate surface area is 129 Å². The first-order chi connectivity index (χ1) is 9.99. The predicted octanol–water partition coefficient (Wildman–Crippen LogP) is 3.68. The molecule has 0 amide bonds. The minimum absolute atomic E-state index is 0.195. The van der Waals surface area contributed by atoms with Gasteiger partial charge >= 0.3 is 5.97 Å². The van der Waals surface area contributed by atoms with Gasteiger partial charge < -0.3 is 9.63 Å². The number of hydrogen-bond donors (Lipinski definition) is 1. The van der Waals surface area contributed by atoms with E-state index in [1.165, 1.54) is 6.42 Å². The molecule has 0 radical (unpaired) electrons. The maximum Gasteiger partial charge on any atom is 0.303 e. The molecule has 6 heteroatoms. The van der Waals surface area contributed by atoms with Crippen LogP contribution in [0.1, 0.15) is 64.1 Å². The third-order valence-electron chi connectivity index (χ3n) is 4.02. The van der Waals surface area contributed by atoms with Crippen LogP contribution < -0.4 is 0 Å². The summed E-state index contributed by atoms with van der Waals surface area (Å²) in [6.45, 7) is 4.27. The van der Waals surface area contributed by atoms with Crippen LogP contribution in [0.2, 0.25) is 0 Å². The Morgan fingerprint density at radius 3 is 2.71 bits per heavy atom. The van der Waals surface area contributed by atoms with Gasteiger partial charge in [0, 0.05) is 6.42 Å². The number of aromatic nitrogens is 2. The van der Waals surface area contributed by atoms with Crippen molar-refractivity contribution >= 4 is 17.7 Å². The Hall–Kier alpha value is -1.04. The molecule has 1 aliphatic carbocycles. The van der Waals surface area contributed by atoms with E-state index in [1.807, 2.05) is 0 Å². The van der Waals surface area contributed by atoms with Crippen molar-refractivity contribution in [3.8, 4) is 0 Å². The van der Waals surface area contributed by atoms with Gasteiger partial charge in [-0.3, -0.25) is 4.79 Å². The van der Waals surface area contributed by atoms with Gasteiger partial charge in [-0.1, -0.05) is 38.3 Å². The van der Waals surface area contributed by atoms with Crippen LogP contribution >= 0.6 is 11.8 Å². The summed E-state index contributed by atoms with van der Waals surface area (Å²) in [7, 11) is 0. The summed E-state index contributed by atoms with van der Waals surface area (Å²) < 4.78 is 5.34. The van der Waals surface area contributed by atoms with Crippen LogP contribution in [0.4, 0.5) is 0 Å². The molecule has 1 aromatic heterocycles. The number of carboxylic acid groups (broad SMARTS) is 1. The molecule has 2 rings (SSSR count). The van der Waals surface area contributed by atoms with Crippen molar-refractivity contribution in [3.63, 3.8) is 0 Å². The molecule has 1 aliphatic rings. The number of nitrogens with zero attached hydrogens (tertiary/aromatic N) is 2. The van der Waals surface area contributed by atoms with E-state index in [0.717, 1.165) is 31.4 Å². The first kappa shape index (κ1) is 16.3. The second-order valence-corrected chi connectivity index (χ2v) is 7.84. The molecule has 0 saturated heterocycles. The topological polar surface area (TPSA) is 76.2 Å². The van der Waals surface area contributed by atoms with Gasteiger partial charge in [0.1, 0.15) is 0 Å². The highest BCUT2D eigenvalue weighted by Crippen LogP contribution is 2.41. The summed E-state index contributed by atoms with van der Waals surface area (Å²) >= 11 is 1.77. The zero-order valence-electron chi connectivity index (χ0n) is 12.8. The molecule has 5 nitrogen and oxygen atoms in total. The van der Waals surface area contributed by atoms with Crippen molar-refractivity contribution < 1.29 is 14.4 Å². The van der Waals surface area contributed by atoms with E-state index in [1.54, 1.807) is 11.8 Å². The average molecular weight is 312 g/mol. The van der Waals surface area contributed by atoms with Crippen molar-refractivity contribution in [2.45, 2.75) is 69.8 Å². The number of aliphatic carboxylic acids is 1. The lowest BCUT2D eigenvalue weighted by atomic mass is 9.69. The number of hydrogen-bond acceptors (Lipinski definition) is 5. The Balaban J connectivity index is 2.01. The van der Waals surface area contributed by atoms with Crippen LogP contribution in [0.15, 0.2) is 4.52 Å². The van der Waals surface area contributed by atoms with Crippen molar-refractivity contribution in [3.05, 3.63) is 11.7 Å². The average Bonchev–Trinajstić information content (AvgIpc) is 2.83. The van der Waals surface area contributed by atoms with E-state index in [4.69, 9.17) is 4.52 Å². The summed E-state index contributed by atoms with van der Waals surface area (Å²) in [5.74, 6) is 1.32. The SMILES string of the molecule is CC(C)SCc1noc(CC2(CC(=O)O)CCCCC2)n1. The van der Waals surface area contributed by atoms with E-state index in [0.29, 0.717) is 23.4 Å². The maximum absolute atomic E-state index is 11.2. The summed E-state index contributed by atoms with van der Waals surface area (Å²) in [6.07, 6.45) is 6.07. The summed E-state index contributed by atoms with van der Waals surface area (Å²) in [4.78, 5) is 15.6. The third kappa shape index (κ3) is 5.02. The second-order valence-electron chi connectivity index (χ2n) is 6.27. The van der Waals surface area contributed by atoms with E-state index in [2.05, 4.69) is 24.0 Å². The molecule has 21 heavy (non-hydrogen) atoms. The van der Waals surface area contributed by atoms with Crippen LogP contribution in [0.5, 0.6) is 0 Å². The quantitative estimate of drug-likeness (QED) is 0.827. The lowest BCUT2D eigenvalue weighted by Crippen LogP contribution is -2.29. The Kier molecular flexibility index (Phi) is 5.67. The van der Waals surface area contributed by atoms with Crippen molar-refractivity contribution in [1.82, 2.24) is 10.1 Å². The van der Waals surface area contributed by atoms with Crippen molar-refractivity contribution in [1.29, 1.82) is 0 Å². The fraction of sp³-hybridized carbons (Fsp3) is 0.800. The Bertz CT molecular complexity index is 467. The van der Waals surface area contributed by atoms with E-state index < -0.39 is 5.97 Å². The number of carboxylic acids is 1. The van der Waals surface area contributed by atoms with Crippen LogP contribution in [0, 0.1) is 5.41 Å². The summed E-state index contributed by atoms with van der Waals surface area (Å²) in [6, 6.07) is 0. The second kappa shape index (κ2) is 7.29. The molecule has 0 atom stereocenters. The van der Waals surface area contributed by atoms with Gasteiger partial charge in [-0.15, -0.1) is 0 Å². The van der Waals surface area contributed by atoms with Gasteiger partial charge in [0.2, 0.25) is 5.89 Å². The summed E-state index contributed by atoms with van der Waals surface area (Å²) in [5.41, 5.74) is -0.195. The van der Waals surface area contributed by atoms with Crippen molar-refractivity contribution in [2.75, 3.05) is 0 Å². The highest BCUT2D eigenvalue weighted by atomic mass is 32.2. The lowest BCUT2D eigenvalue weighted by molar-refractivity contribution is -0.140. The molecule has 0 unspecified atom stereocenters. The molecule has 1 heterocycles. The molecular weight excluding hydrogens is 288 g/mol. The molecule has 1 fully saturated rings. The normalized spacial score (nSPS) is 18.0. The maximum atomic E-state index is 11.2. The Morgan fingerprint density at radius 2 is 2.10 bits per heavy atom. The van der Waals surface area contributed by atoms with E-state index in [-0.39, 0.29) is 11.8 Å². The zero-order chi connectivity index (χ0) is 15.3. The van der Waals surface area contributed by atoms with Gasteiger partial charge in [0.15, 0.2) is 5.82 Å². The van der Waals surface area contributed by atoms with E-state index >= 15 is 0 Å². The fourth-order valence-electron chi connectivity index (χ4n) is 3.02. The monoisotopic (exact) mass is 312 g/mol. The van der Waals surface area contributed by atoms with Crippen LogP contribution in [-0.2, 0) is 17.0 Å². The third-order valence-corrected chi connectivity index (χ3v) is 5.11. The highest BCUT2D eigenvalue weighted by molar-refractivity contribution is 7.99. The Morgan fingerprint density at radius 1 is 1.38 bits per heavy atom. The predicted molar refractivity (Wildman–Crippen MR) is 82.2 cm³/mol. The number of rotatable bonds is 7. The van der Waals surface area contributed by atoms with Gasteiger partial charge in [-0.2, -0.15) is 16.7 Å². The molecule has 1 saturated carbocycles. The molecule has 1 N–H and O–H groups in total. The van der Waals surface area contributed by atoms with Gasteiger partial charge in [0.05, 0.1) is 12.2 Å². The number of thioether (sulfide) groups is 1. The molecule has 0 spiro atoms. The molecule has 1 aromatic rings. The zero-order valence-corrected chi connectivity index (χ0v) is 13.6. The number of carbonyl (C=O) groups is 1. The van der Waals surface area contributed by atoms with Gasteiger partial charge in [-0.05, 0) is 23.5 Å². The minimum atomic E-state index is -0.730. The molecule has 0 aliphatic heterocycles. The lowest BCUT2D eigenvalue weighted by Gasteiger charge is -2.34. The minimum Gasteiger partial charge on any atom is -0.481 e. The van der Waals surface area contributed by atoms with Gasteiger partial charge in [-0.25, -0.2) is 0 Å². The molecule has 0 aromatic carbocycles. The van der Waals surface area contributed by atoms with Crippen LogP contribution in [-0.4, -0.2) is 26.5 Å². The van der Waals surface area contributed by atoms with Gasteiger partial charge in [0.25, 0.3) is 0 Å². The molecular formula is C15H24N2O3S. The first-order valence-electron chi connectivity index (χ1n) is 7.64. The van der Waals surface area contributed by atoms with Crippen molar-refractivity contribution in [2.24, 2.45) is 5.41 Å². The highest BCUT2D eigenvalue weighted by Gasteiger charge is 2.36. The first-order valence-corrected chi connectivity index (χ1v) is 8.69. The van der Waals surface area contributed by atoms with Crippen LogP contribution in [0.3, 0.4) is 0 Å². The van der Waals surface area contributed by atoms with E-state index in [9.17, 15) is 9.90 Å². The summed E-state index contributed by atoms with van der Waals surface area (Å²) in [5, 5.41) is 13.7. The van der Waals surface area contributed by atoms with Crippen LogP contribution in [0.25, 0.3) is 0 Å². The largest absolute Gasteiger partial charge is 0.481 e. The smallest absolute Gasteiger partial charge is 0.303 e.